The van der Waals surface area contributed by atoms with Crippen LogP contribution >= 0.6 is 11.6 Å². The van der Waals surface area contributed by atoms with Gasteiger partial charge in [-0.2, -0.15) is 4.39 Å². The van der Waals surface area contributed by atoms with Gasteiger partial charge in [-0.15, -0.1) is 5.54 Å². The second-order valence-corrected chi connectivity index (χ2v) is 9.13. The molecule has 1 heterocycles. The molecule has 1 rings (SSSR count). The Kier molecular flexibility index (Phi) is 3.30. The molecular formula is C10H11ClFNSi. The molecule has 1 aromatic heterocycles. The van der Waals surface area contributed by atoms with Gasteiger partial charge in [0.05, 0.1) is 5.02 Å². The van der Waals surface area contributed by atoms with Gasteiger partial charge >= 0.3 is 0 Å². The van der Waals surface area contributed by atoms with E-state index in [2.05, 4.69) is 36.1 Å². The fraction of sp³-hybridized carbons (Fsp3) is 0.300. The summed E-state index contributed by atoms with van der Waals surface area (Å²) in [6, 6.07) is 3.09. The maximum absolute atomic E-state index is 12.9. The smallest absolute Gasteiger partial charge is 0.210 e. The van der Waals surface area contributed by atoms with Crippen LogP contribution in [0.3, 0.4) is 0 Å². The molecule has 0 saturated heterocycles. The largest absolute Gasteiger partial charge is 0.232 e. The Morgan fingerprint density at radius 1 is 1.36 bits per heavy atom. The van der Waals surface area contributed by atoms with Crippen LogP contribution in [-0.2, 0) is 0 Å². The van der Waals surface area contributed by atoms with Crippen molar-refractivity contribution in [3.63, 3.8) is 0 Å². The van der Waals surface area contributed by atoms with Crippen LogP contribution in [0.2, 0.25) is 24.7 Å². The van der Waals surface area contributed by atoms with Crippen LogP contribution < -0.4 is 0 Å². The zero-order valence-electron chi connectivity index (χ0n) is 8.36. The molecule has 0 atom stereocenters. The van der Waals surface area contributed by atoms with E-state index in [1.54, 1.807) is 6.07 Å². The lowest BCUT2D eigenvalue weighted by atomic mass is 10.4. The summed E-state index contributed by atoms with van der Waals surface area (Å²) in [5.41, 5.74) is 3.54. The highest BCUT2D eigenvalue weighted by Gasteiger charge is 2.08. The summed E-state index contributed by atoms with van der Waals surface area (Å²) in [6.45, 7) is 6.35. The van der Waals surface area contributed by atoms with E-state index in [-0.39, 0.29) is 5.02 Å². The van der Waals surface area contributed by atoms with Crippen molar-refractivity contribution in [3.05, 3.63) is 28.8 Å². The Balaban J connectivity index is 2.98. The molecule has 1 nitrogen and oxygen atoms in total. The second kappa shape index (κ2) is 4.12. The number of hydrogen-bond acceptors (Lipinski definition) is 1. The standard InChI is InChI=1S/C10H11ClFNSi/c1-14(2,3)7-6-8-4-5-9(11)10(12)13-8/h4-5H,1-3H3. The summed E-state index contributed by atoms with van der Waals surface area (Å²) in [4.78, 5) is 3.63. The van der Waals surface area contributed by atoms with E-state index in [4.69, 9.17) is 11.6 Å². The first-order chi connectivity index (χ1) is 6.38. The van der Waals surface area contributed by atoms with Gasteiger partial charge in [-0.25, -0.2) is 4.98 Å². The maximum Gasteiger partial charge on any atom is 0.232 e. The summed E-state index contributed by atoms with van der Waals surface area (Å²) in [7, 11) is -1.43. The van der Waals surface area contributed by atoms with E-state index >= 15 is 0 Å². The average molecular weight is 228 g/mol. The number of aromatic nitrogens is 1. The normalized spacial score (nSPS) is 10.6. The molecule has 0 fully saturated rings. The summed E-state index contributed by atoms with van der Waals surface area (Å²) in [6.07, 6.45) is 0. The third-order valence-corrected chi connectivity index (χ3v) is 2.53. The van der Waals surface area contributed by atoms with Crippen molar-refractivity contribution in [2.75, 3.05) is 0 Å². The van der Waals surface area contributed by atoms with Gasteiger partial charge in [0.1, 0.15) is 13.8 Å². The van der Waals surface area contributed by atoms with Crippen LogP contribution in [-0.4, -0.2) is 13.1 Å². The fourth-order valence-corrected chi connectivity index (χ4v) is 1.35. The predicted octanol–water partition coefficient (Wildman–Crippen LogP) is 3.10. The quantitative estimate of drug-likeness (QED) is 0.377. The van der Waals surface area contributed by atoms with E-state index in [1.165, 1.54) is 6.07 Å². The minimum atomic E-state index is -1.43. The van der Waals surface area contributed by atoms with E-state index < -0.39 is 14.0 Å². The van der Waals surface area contributed by atoms with E-state index in [9.17, 15) is 4.39 Å². The Labute approximate surface area is 89.3 Å². The molecule has 74 valence electrons. The summed E-state index contributed by atoms with van der Waals surface area (Å²) < 4.78 is 12.9. The third-order valence-electron chi connectivity index (χ3n) is 1.37. The Hall–Kier alpha value is -0.853. The monoisotopic (exact) mass is 227 g/mol. The number of rotatable bonds is 0. The third kappa shape index (κ3) is 3.49. The first-order valence-corrected chi connectivity index (χ1v) is 8.11. The first kappa shape index (κ1) is 11.2. The minimum Gasteiger partial charge on any atom is -0.210 e. The van der Waals surface area contributed by atoms with Crippen molar-refractivity contribution in [2.45, 2.75) is 19.6 Å². The van der Waals surface area contributed by atoms with Gasteiger partial charge in [-0.05, 0) is 12.1 Å². The lowest BCUT2D eigenvalue weighted by Gasteiger charge is -2.03. The van der Waals surface area contributed by atoms with Crippen LogP contribution in [0, 0.1) is 17.4 Å². The molecule has 0 aliphatic carbocycles. The van der Waals surface area contributed by atoms with Gasteiger partial charge in [-0.3, -0.25) is 0 Å². The summed E-state index contributed by atoms with van der Waals surface area (Å²) >= 11 is 5.49. The second-order valence-electron chi connectivity index (χ2n) is 3.97. The van der Waals surface area contributed by atoms with Gasteiger partial charge in [0.2, 0.25) is 5.95 Å². The molecule has 1 aromatic rings. The molecule has 0 N–H and O–H groups in total. The topological polar surface area (TPSA) is 12.9 Å². The number of pyridine rings is 1. The van der Waals surface area contributed by atoms with E-state index in [0.29, 0.717) is 5.69 Å². The van der Waals surface area contributed by atoms with Crippen molar-refractivity contribution in [2.24, 2.45) is 0 Å². The van der Waals surface area contributed by atoms with Crippen molar-refractivity contribution in [1.29, 1.82) is 0 Å². The molecule has 0 saturated carbocycles. The summed E-state index contributed by atoms with van der Waals surface area (Å²) in [5.74, 6) is 2.20. The molecular weight excluding hydrogens is 217 g/mol. The Morgan fingerprint density at radius 2 is 2.00 bits per heavy atom. The van der Waals surface area contributed by atoms with Crippen molar-refractivity contribution in [1.82, 2.24) is 4.98 Å². The Morgan fingerprint density at radius 3 is 2.50 bits per heavy atom. The number of hydrogen-bond donors (Lipinski definition) is 0. The molecule has 0 bridgehead atoms. The van der Waals surface area contributed by atoms with Gasteiger partial charge in [0, 0.05) is 0 Å². The van der Waals surface area contributed by atoms with Gasteiger partial charge in [0.25, 0.3) is 0 Å². The lowest BCUT2D eigenvalue weighted by Crippen LogP contribution is -2.16. The zero-order valence-corrected chi connectivity index (χ0v) is 10.1. The van der Waals surface area contributed by atoms with E-state index in [0.717, 1.165) is 0 Å². The molecule has 0 spiro atoms. The highest BCUT2D eigenvalue weighted by atomic mass is 35.5. The lowest BCUT2D eigenvalue weighted by molar-refractivity contribution is 0.583. The molecule has 0 aromatic carbocycles. The fourth-order valence-electron chi connectivity index (χ4n) is 0.738. The molecule has 4 heteroatoms. The SMILES string of the molecule is C[Si](C)(C)C#Cc1ccc(Cl)c(F)n1. The Bertz CT molecular complexity index is 401. The van der Waals surface area contributed by atoms with Gasteiger partial charge in [0.15, 0.2) is 0 Å². The van der Waals surface area contributed by atoms with Gasteiger partial charge < -0.3 is 0 Å². The van der Waals surface area contributed by atoms with Crippen molar-refractivity contribution in [3.8, 4) is 11.5 Å². The van der Waals surface area contributed by atoms with Crippen molar-refractivity contribution < 1.29 is 4.39 Å². The molecule has 0 unspecified atom stereocenters. The zero-order chi connectivity index (χ0) is 10.8. The van der Waals surface area contributed by atoms with Gasteiger partial charge in [-0.1, -0.05) is 37.2 Å². The highest BCUT2D eigenvalue weighted by Crippen LogP contribution is 2.11. The number of halogens is 2. The van der Waals surface area contributed by atoms with Crippen LogP contribution in [0.5, 0.6) is 0 Å². The van der Waals surface area contributed by atoms with Crippen LogP contribution in [0.25, 0.3) is 0 Å². The maximum atomic E-state index is 12.9. The molecule has 0 amide bonds. The molecule has 0 aliphatic heterocycles. The van der Waals surface area contributed by atoms with Crippen LogP contribution in [0.1, 0.15) is 5.69 Å². The van der Waals surface area contributed by atoms with Crippen LogP contribution in [0.15, 0.2) is 12.1 Å². The molecule has 14 heavy (non-hydrogen) atoms. The first-order valence-electron chi connectivity index (χ1n) is 4.24. The average Bonchev–Trinajstić information content (AvgIpc) is 2.06. The minimum absolute atomic E-state index is 0.0311. The van der Waals surface area contributed by atoms with E-state index in [1.807, 2.05) is 0 Å². The predicted molar refractivity (Wildman–Crippen MR) is 59.4 cm³/mol. The molecule has 0 aliphatic rings. The highest BCUT2D eigenvalue weighted by molar-refractivity contribution is 6.83. The summed E-state index contributed by atoms with van der Waals surface area (Å²) in [5, 5.41) is 0.0311. The number of nitrogens with zero attached hydrogens (tertiary/aromatic N) is 1. The molecule has 0 radical (unpaired) electrons. The van der Waals surface area contributed by atoms with Crippen LogP contribution in [0.4, 0.5) is 4.39 Å². The van der Waals surface area contributed by atoms with Crippen molar-refractivity contribution >= 4 is 19.7 Å².